The monoisotopic (exact) mass is 315 g/mol. The van der Waals surface area contributed by atoms with Crippen molar-refractivity contribution in [1.29, 1.82) is 0 Å². The van der Waals surface area contributed by atoms with Crippen molar-refractivity contribution in [3.63, 3.8) is 0 Å². The lowest BCUT2D eigenvalue weighted by Crippen LogP contribution is -2.20. The number of carbonyl (C=O) groups excluding carboxylic acids is 2. The van der Waals surface area contributed by atoms with E-state index >= 15 is 0 Å². The Hall–Kier alpha value is -3.02. The fraction of sp³-hybridized carbons (Fsp3) is 0.176. The minimum atomic E-state index is -0.630. The molecule has 0 aliphatic carbocycles. The molecule has 1 heterocycles. The zero-order chi connectivity index (χ0) is 16.5. The second-order valence-corrected chi connectivity index (χ2v) is 4.43. The molecule has 1 aromatic carbocycles. The SMILES string of the molecule is CCOc1ccccc1NC(=O)COC(=O)C=Cc1ccco1. The van der Waals surface area contributed by atoms with Gasteiger partial charge in [-0.2, -0.15) is 0 Å². The van der Waals surface area contributed by atoms with E-state index in [1.165, 1.54) is 18.4 Å². The van der Waals surface area contributed by atoms with E-state index in [0.29, 0.717) is 23.8 Å². The van der Waals surface area contributed by atoms with Crippen LogP contribution in [-0.4, -0.2) is 25.1 Å². The molecule has 0 fully saturated rings. The van der Waals surface area contributed by atoms with Crippen LogP contribution in [0.3, 0.4) is 0 Å². The summed E-state index contributed by atoms with van der Waals surface area (Å²) in [7, 11) is 0. The van der Waals surface area contributed by atoms with E-state index in [9.17, 15) is 9.59 Å². The summed E-state index contributed by atoms with van der Waals surface area (Å²) in [5, 5.41) is 2.64. The number of ether oxygens (including phenoxy) is 2. The van der Waals surface area contributed by atoms with E-state index in [0.717, 1.165) is 0 Å². The maximum absolute atomic E-state index is 11.8. The number of furan rings is 1. The van der Waals surface area contributed by atoms with Gasteiger partial charge < -0.3 is 19.2 Å². The van der Waals surface area contributed by atoms with Crippen LogP contribution in [0.1, 0.15) is 12.7 Å². The van der Waals surface area contributed by atoms with Crippen molar-refractivity contribution in [2.45, 2.75) is 6.92 Å². The molecule has 6 heteroatoms. The van der Waals surface area contributed by atoms with Crippen molar-refractivity contribution in [2.24, 2.45) is 0 Å². The smallest absolute Gasteiger partial charge is 0.331 e. The van der Waals surface area contributed by atoms with Gasteiger partial charge in [-0.3, -0.25) is 4.79 Å². The van der Waals surface area contributed by atoms with Gasteiger partial charge in [0.2, 0.25) is 0 Å². The molecule has 23 heavy (non-hydrogen) atoms. The molecule has 0 bridgehead atoms. The van der Waals surface area contributed by atoms with Crippen molar-refractivity contribution in [1.82, 2.24) is 0 Å². The van der Waals surface area contributed by atoms with Gasteiger partial charge in [0, 0.05) is 6.08 Å². The van der Waals surface area contributed by atoms with Crippen molar-refractivity contribution in [3.8, 4) is 5.75 Å². The van der Waals surface area contributed by atoms with Crippen LogP contribution in [-0.2, 0) is 14.3 Å². The van der Waals surface area contributed by atoms with E-state index in [1.54, 1.807) is 36.4 Å². The Morgan fingerprint density at radius 3 is 2.78 bits per heavy atom. The van der Waals surface area contributed by atoms with Gasteiger partial charge in [0.25, 0.3) is 5.91 Å². The second-order valence-electron chi connectivity index (χ2n) is 4.43. The number of benzene rings is 1. The maximum atomic E-state index is 11.8. The van der Waals surface area contributed by atoms with E-state index in [-0.39, 0.29) is 6.61 Å². The number of hydrogen-bond donors (Lipinski definition) is 1. The lowest BCUT2D eigenvalue weighted by atomic mass is 10.3. The van der Waals surface area contributed by atoms with Crippen LogP contribution in [0.25, 0.3) is 6.08 Å². The van der Waals surface area contributed by atoms with Gasteiger partial charge in [0.05, 0.1) is 18.6 Å². The van der Waals surface area contributed by atoms with Crippen molar-refractivity contribution >= 4 is 23.6 Å². The molecule has 0 unspecified atom stereocenters. The third-order valence-electron chi connectivity index (χ3n) is 2.73. The summed E-state index contributed by atoms with van der Waals surface area (Å²) in [6.07, 6.45) is 4.15. The third kappa shape index (κ3) is 5.35. The molecule has 0 aliphatic heterocycles. The minimum absolute atomic E-state index is 0.387. The number of anilines is 1. The minimum Gasteiger partial charge on any atom is -0.492 e. The first kappa shape index (κ1) is 16.4. The summed E-state index contributed by atoms with van der Waals surface area (Å²) in [5.41, 5.74) is 0.529. The fourth-order valence-electron chi connectivity index (χ4n) is 1.76. The molecule has 1 amide bonds. The standard InChI is InChI=1S/C17H17NO5/c1-2-21-15-8-4-3-7-14(15)18-16(19)12-23-17(20)10-9-13-6-5-11-22-13/h3-11H,2,12H2,1H3,(H,18,19). The average molecular weight is 315 g/mol. The summed E-state index contributed by atoms with van der Waals surface area (Å²) < 4.78 is 15.3. The number of para-hydroxylation sites is 2. The average Bonchev–Trinajstić information content (AvgIpc) is 3.06. The molecule has 6 nitrogen and oxygen atoms in total. The Labute approximate surface area is 133 Å². The predicted octanol–water partition coefficient (Wildman–Crippen LogP) is 2.87. The molecule has 0 atom stereocenters. The second kappa shape index (κ2) is 8.43. The number of hydrogen-bond acceptors (Lipinski definition) is 5. The third-order valence-corrected chi connectivity index (χ3v) is 2.73. The van der Waals surface area contributed by atoms with E-state index in [2.05, 4.69) is 5.32 Å². The molecular formula is C17H17NO5. The van der Waals surface area contributed by atoms with E-state index in [1.807, 2.05) is 6.92 Å². The van der Waals surface area contributed by atoms with Crippen LogP contribution in [0.15, 0.2) is 53.2 Å². The number of carbonyl (C=O) groups is 2. The highest BCUT2D eigenvalue weighted by molar-refractivity contribution is 5.95. The molecule has 1 aromatic heterocycles. The number of amides is 1. The quantitative estimate of drug-likeness (QED) is 0.628. The van der Waals surface area contributed by atoms with Gasteiger partial charge in [0.15, 0.2) is 6.61 Å². The first-order chi connectivity index (χ1) is 11.2. The molecule has 0 saturated heterocycles. The molecule has 0 radical (unpaired) electrons. The van der Waals surface area contributed by atoms with Gasteiger partial charge in [0.1, 0.15) is 11.5 Å². The first-order valence-electron chi connectivity index (χ1n) is 7.09. The highest BCUT2D eigenvalue weighted by atomic mass is 16.5. The zero-order valence-corrected chi connectivity index (χ0v) is 12.7. The predicted molar refractivity (Wildman–Crippen MR) is 84.9 cm³/mol. The molecule has 1 N–H and O–H groups in total. The lowest BCUT2D eigenvalue weighted by Gasteiger charge is -2.11. The molecule has 0 spiro atoms. The van der Waals surface area contributed by atoms with E-state index in [4.69, 9.17) is 13.9 Å². The molecule has 2 rings (SSSR count). The first-order valence-corrected chi connectivity index (χ1v) is 7.09. The fourth-order valence-corrected chi connectivity index (χ4v) is 1.76. The number of nitrogens with one attached hydrogen (secondary N) is 1. The van der Waals surface area contributed by atoms with Gasteiger partial charge in [-0.05, 0) is 37.3 Å². The van der Waals surface area contributed by atoms with Crippen molar-refractivity contribution in [3.05, 3.63) is 54.5 Å². The normalized spacial score (nSPS) is 10.5. The van der Waals surface area contributed by atoms with Gasteiger partial charge in [-0.1, -0.05) is 12.1 Å². The van der Waals surface area contributed by atoms with Gasteiger partial charge in [-0.15, -0.1) is 0 Å². The molecule has 120 valence electrons. The van der Waals surface area contributed by atoms with E-state index < -0.39 is 11.9 Å². The summed E-state index contributed by atoms with van der Waals surface area (Å²) >= 11 is 0. The topological polar surface area (TPSA) is 77.8 Å². The summed E-state index contributed by atoms with van der Waals surface area (Å²) in [5.74, 6) is 0.0102. The van der Waals surface area contributed by atoms with Crippen molar-refractivity contribution < 1.29 is 23.5 Å². The number of rotatable bonds is 7. The van der Waals surface area contributed by atoms with Crippen LogP contribution in [0.5, 0.6) is 5.75 Å². The maximum Gasteiger partial charge on any atom is 0.331 e. The van der Waals surface area contributed by atoms with Crippen molar-refractivity contribution in [2.75, 3.05) is 18.5 Å². The molecule has 2 aromatic rings. The highest BCUT2D eigenvalue weighted by Crippen LogP contribution is 2.23. The Kier molecular flexibility index (Phi) is 5.99. The van der Waals surface area contributed by atoms with Gasteiger partial charge in [-0.25, -0.2) is 4.79 Å². The Morgan fingerprint density at radius 1 is 1.22 bits per heavy atom. The highest BCUT2D eigenvalue weighted by Gasteiger charge is 2.09. The van der Waals surface area contributed by atoms with Crippen LogP contribution in [0.2, 0.25) is 0 Å². The largest absolute Gasteiger partial charge is 0.492 e. The Balaban J connectivity index is 1.82. The van der Waals surface area contributed by atoms with Crippen LogP contribution >= 0.6 is 0 Å². The Morgan fingerprint density at radius 2 is 2.04 bits per heavy atom. The van der Waals surface area contributed by atoms with Crippen LogP contribution < -0.4 is 10.1 Å². The Bertz CT molecular complexity index is 676. The summed E-state index contributed by atoms with van der Waals surface area (Å²) in [4.78, 5) is 23.3. The van der Waals surface area contributed by atoms with Gasteiger partial charge >= 0.3 is 5.97 Å². The van der Waals surface area contributed by atoms with Crippen LogP contribution in [0.4, 0.5) is 5.69 Å². The molecule has 0 aliphatic rings. The zero-order valence-electron chi connectivity index (χ0n) is 12.7. The lowest BCUT2D eigenvalue weighted by molar-refractivity contribution is -0.142. The number of esters is 1. The molecular weight excluding hydrogens is 298 g/mol. The summed E-state index contributed by atoms with van der Waals surface area (Å²) in [6.45, 7) is 1.95. The molecule has 0 saturated carbocycles. The summed E-state index contributed by atoms with van der Waals surface area (Å²) in [6, 6.07) is 10.4. The van der Waals surface area contributed by atoms with Crippen LogP contribution in [0, 0.1) is 0 Å².